The molecule has 0 radical (unpaired) electrons. The Morgan fingerprint density at radius 2 is 0.540 bits per heavy atom. The second-order valence-electron chi connectivity index (χ2n) is 9.02. The number of benzene rings is 6. The summed E-state index contributed by atoms with van der Waals surface area (Å²) in [5.41, 5.74) is 0. The topological polar surface area (TPSA) is 109 Å². The van der Waals surface area contributed by atoms with E-state index < -0.39 is 17.2 Å². The average molecular weight is 767 g/mol. The first-order valence-corrected chi connectivity index (χ1v) is 17.6. The van der Waals surface area contributed by atoms with Gasteiger partial charge in [-0.2, -0.15) is 0 Å². The molecule has 9 nitrogen and oxygen atoms in total. The van der Waals surface area contributed by atoms with Crippen LogP contribution in [0.25, 0.3) is 0 Å². The van der Waals surface area contributed by atoms with E-state index >= 15 is 0 Å². The molecule has 0 aliphatic heterocycles. The molecular formula is C37H30N2NiO7P2S. The number of rotatable bonds is 12. The Labute approximate surface area is 307 Å². The molecule has 0 spiro atoms. The van der Waals surface area contributed by atoms with Gasteiger partial charge in [-0.3, -0.25) is 0 Å². The fourth-order valence-electron chi connectivity index (χ4n) is 3.52. The SMILES string of the molecule is N#C[S-].O=[N][Ni+].c1ccc(OP(Oc2ccccc2)Oc2ccccc2)cc1.c1ccc(OP(Oc2ccccc2)Oc2ccccc2)cc1. The molecule has 50 heavy (non-hydrogen) atoms. The Bertz CT molecular complexity index is 1450. The first kappa shape index (κ1) is 39.2. The van der Waals surface area contributed by atoms with Crippen LogP contribution in [0.15, 0.2) is 186 Å². The van der Waals surface area contributed by atoms with Crippen molar-refractivity contribution in [3.63, 3.8) is 0 Å². The molecule has 0 amide bonds. The zero-order valence-corrected chi connectivity index (χ0v) is 29.8. The van der Waals surface area contributed by atoms with Gasteiger partial charge in [0.2, 0.25) is 0 Å². The van der Waals surface area contributed by atoms with Gasteiger partial charge in [0, 0.05) is 0 Å². The van der Waals surface area contributed by atoms with E-state index in [-0.39, 0.29) is 0 Å². The van der Waals surface area contributed by atoms with Crippen LogP contribution in [0.4, 0.5) is 0 Å². The van der Waals surface area contributed by atoms with Crippen molar-refractivity contribution < 1.29 is 42.8 Å². The van der Waals surface area contributed by atoms with Crippen molar-refractivity contribution in [1.82, 2.24) is 0 Å². The van der Waals surface area contributed by atoms with Gasteiger partial charge in [0.1, 0.15) is 34.5 Å². The number of nitroso groups, excluding NO2 is 1. The standard InChI is InChI=1S/2C18H15O3P.CHNS.NO.Ni/c2*1-4-10-16(11-5-1)19-22(20-17-12-6-2-7-13-17)21-18-14-8-3-9-15-18;2-1-3;1-2;/h2*1-15H;3H;;/q;;;-1;+2/p-1. The number of hydrogen-bond acceptors (Lipinski definition) is 10. The van der Waals surface area contributed by atoms with E-state index in [2.05, 4.69) is 28.3 Å². The van der Waals surface area contributed by atoms with Crippen molar-refractivity contribution in [3.8, 4) is 39.9 Å². The van der Waals surface area contributed by atoms with E-state index in [1.54, 1.807) is 0 Å². The molecule has 0 heterocycles. The second kappa shape index (κ2) is 24.9. The quantitative estimate of drug-likeness (QED) is 0.0395. The second-order valence-corrected chi connectivity index (χ2v) is 11.4. The summed E-state index contributed by atoms with van der Waals surface area (Å²) in [5, 5.41) is 8.47. The van der Waals surface area contributed by atoms with Crippen molar-refractivity contribution in [2.24, 2.45) is 4.26 Å². The summed E-state index contributed by atoms with van der Waals surface area (Å²) >= 11 is 6.94. The fraction of sp³-hybridized carbons (Fsp3) is 0. The van der Waals surface area contributed by atoms with E-state index in [1.165, 1.54) is 5.40 Å². The average Bonchev–Trinajstić information content (AvgIpc) is 3.15. The predicted octanol–water partition coefficient (Wildman–Crippen LogP) is 11.1. The van der Waals surface area contributed by atoms with Gasteiger partial charge in [-0.15, -0.1) is 0 Å². The van der Waals surface area contributed by atoms with Crippen molar-refractivity contribution >= 4 is 29.8 Å². The van der Waals surface area contributed by atoms with Gasteiger partial charge in [0.25, 0.3) is 0 Å². The molecule has 0 fully saturated rings. The summed E-state index contributed by atoms with van der Waals surface area (Å²) in [6.07, 6.45) is 0. The van der Waals surface area contributed by atoms with Crippen LogP contribution >= 0.6 is 17.2 Å². The van der Waals surface area contributed by atoms with Crippen LogP contribution in [0.2, 0.25) is 0 Å². The van der Waals surface area contributed by atoms with Gasteiger partial charge < -0.3 is 39.8 Å². The van der Waals surface area contributed by atoms with Gasteiger partial charge >= 0.3 is 42.0 Å². The molecule has 6 aromatic rings. The maximum atomic E-state index is 8.39. The predicted molar refractivity (Wildman–Crippen MR) is 195 cm³/mol. The minimum atomic E-state index is -1.59. The fourth-order valence-corrected chi connectivity index (χ4v) is 5.50. The molecule has 0 unspecified atom stereocenters. The number of hydrogen-bond donors (Lipinski definition) is 0. The zero-order valence-electron chi connectivity index (χ0n) is 26.2. The third-order valence-corrected chi connectivity index (χ3v) is 7.70. The van der Waals surface area contributed by atoms with Crippen molar-refractivity contribution in [2.45, 2.75) is 0 Å². The van der Waals surface area contributed by atoms with E-state index in [4.69, 9.17) is 37.3 Å². The minimum absolute atomic E-state index is 0.709. The molecule has 0 saturated heterocycles. The monoisotopic (exact) mass is 766 g/mol. The van der Waals surface area contributed by atoms with Crippen LogP contribution in [0.1, 0.15) is 0 Å². The van der Waals surface area contributed by atoms with Crippen LogP contribution in [0.5, 0.6) is 34.5 Å². The third-order valence-electron chi connectivity index (χ3n) is 5.54. The summed E-state index contributed by atoms with van der Waals surface area (Å²) in [4.78, 5) is 8.39. The summed E-state index contributed by atoms with van der Waals surface area (Å²) < 4.78 is 36.9. The molecule has 0 aromatic heterocycles. The van der Waals surface area contributed by atoms with Crippen molar-refractivity contribution in [2.75, 3.05) is 0 Å². The molecule has 0 N–H and O–H groups in total. The number of nitrogens with zero attached hydrogens (tertiary/aromatic N) is 2. The number of para-hydroxylation sites is 6. The van der Waals surface area contributed by atoms with Gasteiger partial charge in [0.15, 0.2) is 0 Å². The smallest absolute Gasteiger partial charge is 0.409 e. The Morgan fingerprint density at radius 3 is 0.660 bits per heavy atom. The molecule has 0 saturated carbocycles. The Morgan fingerprint density at radius 1 is 0.420 bits per heavy atom. The van der Waals surface area contributed by atoms with Gasteiger partial charge in [0.05, 0.1) is 0 Å². The van der Waals surface area contributed by atoms with Crippen molar-refractivity contribution in [3.05, 3.63) is 187 Å². The number of nitriles is 1. The molecule has 13 heteroatoms. The van der Waals surface area contributed by atoms with Crippen LogP contribution < -0.4 is 27.1 Å². The normalized spacial score (nSPS) is 9.42. The number of thiocyanates is 1. The maximum Gasteiger partial charge on any atom is 0.530 e. The Kier molecular flexibility index (Phi) is 19.5. The maximum absolute atomic E-state index is 8.39. The molecule has 256 valence electrons. The van der Waals surface area contributed by atoms with Gasteiger partial charge in [-0.1, -0.05) is 115 Å². The van der Waals surface area contributed by atoms with E-state index in [9.17, 15) is 0 Å². The summed E-state index contributed by atoms with van der Waals surface area (Å²) in [6.45, 7) is 0. The van der Waals surface area contributed by atoms with E-state index in [0.717, 1.165) is 0 Å². The molecule has 6 aromatic carbocycles. The first-order chi connectivity index (χ1) is 24.6. The largest absolute Gasteiger partial charge is 0.530 e. The molecule has 0 aliphatic rings. The van der Waals surface area contributed by atoms with Crippen molar-refractivity contribution in [1.29, 1.82) is 5.26 Å². The van der Waals surface area contributed by atoms with Crippen LogP contribution in [-0.2, 0) is 28.3 Å². The Balaban J connectivity index is 0.000000234. The van der Waals surface area contributed by atoms with Crippen LogP contribution in [0, 0.1) is 15.6 Å². The minimum Gasteiger partial charge on any atom is -0.409 e. The van der Waals surface area contributed by atoms with Gasteiger partial charge in [-0.05, 0) is 72.8 Å². The molecule has 0 atom stereocenters. The Hall–Kier alpha value is -5.22. The van der Waals surface area contributed by atoms with Crippen LogP contribution in [0.3, 0.4) is 0 Å². The van der Waals surface area contributed by atoms with E-state index in [0.29, 0.717) is 34.5 Å². The molecular weight excluding hydrogens is 737 g/mol. The third kappa shape index (κ3) is 16.7. The van der Waals surface area contributed by atoms with Crippen LogP contribution in [-0.4, -0.2) is 0 Å². The van der Waals surface area contributed by atoms with E-state index in [1.807, 2.05) is 186 Å². The summed E-state index contributed by atoms with van der Waals surface area (Å²) in [7, 11) is -3.18. The zero-order chi connectivity index (χ0) is 35.5. The van der Waals surface area contributed by atoms with Gasteiger partial charge in [-0.25, -0.2) is 5.26 Å². The first-order valence-electron chi connectivity index (χ1n) is 14.5. The summed E-state index contributed by atoms with van der Waals surface area (Å²) in [5.74, 6) is 4.25. The molecule has 0 bridgehead atoms. The molecule has 0 aliphatic carbocycles. The molecule has 6 rings (SSSR count). The summed E-state index contributed by atoms with van der Waals surface area (Å²) in [6, 6.07) is 57.0.